The highest BCUT2D eigenvalue weighted by atomic mass is 32.2. The zero-order valence-corrected chi connectivity index (χ0v) is 20.2. The van der Waals surface area contributed by atoms with Gasteiger partial charge in [-0.25, -0.2) is 8.42 Å². The minimum absolute atomic E-state index is 0.0730. The monoisotopic (exact) mass is 493 g/mol. The average molecular weight is 494 g/mol. The van der Waals surface area contributed by atoms with Gasteiger partial charge in [-0.05, 0) is 42.0 Å². The van der Waals surface area contributed by atoms with Gasteiger partial charge in [0.1, 0.15) is 9.77 Å². The second-order valence-electron chi connectivity index (χ2n) is 7.90. The molecule has 0 aliphatic carbocycles. The van der Waals surface area contributed by atoms with Crippen LogP contribution in [0.25, 0.3) is 0 Å². The summed E-state index contributed by atoms with van der Waals surface area (Å²) in [7, 11) is -3.68. The molecular weight excluding hydrogens is 466 g/mol. The standard InChI is InChI=1S/C22H27N3O4S3/c26-20(24-11-14-30-15-12-24)16-17-4-6-18(7-5-17)23-22(27)21-19(8-13-31-21)32(28,29)25-9-2-1-3-10-25/h4-8,13H,1-3,9-12,14-16H2,(H,23,27). The van der Waals surface area contributed by atoms with Crippen molar-refractivity contribution < 1.29 is 18.0 Å². The van der Waals surface area contributed by atoms with E-state index >= 15 is 0 Å². The van der Waals surface area contributed by atoms with Gasteiger partial charge in [0.15, 0.2) is 0 Å². The number of thiophene rings is 1. The molecule has 10 heteroatoms. The van der Waals surface area contributed by atoms with Crippen molar-refractivity contribution >= 4 is 50.6 Å². The van der Waals surface area contributed by atoms with Gasteiger partial charge in [-0.15, -0.1) is 11.3 Å². The van der Waals surface area contributed by atoms with Crippen LogP contribution in [-0.4, -0.2) is 67.1 Å². The van der Waals surface area contributed by atoms with Crippen LogP contribution in [0.4, 0.5) is 5.69 Å². The molecule has 2 aliphatic heterocycles. The molecule has 4 rings (SSSR count). The van der Waals surface area contributed by atoms with E-state index in [0.29, 0.717) is 25.2 Å². The number of carbonyl (C=O) groups excluding carboxylic acids is 2. The molecule has 1 aromatic carbocycles. The van der Waals surface area contributed by atoms with Crippen molar-refractivity contribution in [1.82, 2.24) is 9.21 Å². The van der Waals surface area contributed by atoms with Gasteiger partial charge in [0, 0.05) is 43.4 Å². The van der Waals surface area contributed by atoms with E-state index in [1.54, 1.807) is 17.5 Å². The number of rotatable bonds is 6. The third-order valence-corrected chi connectivity index (χ3v) is 9.63. The van der Waals surface area contributed by atoms with Gasteiger partial charge >= 0.3 is 0 Å². The minimum atomic E-state index is -3.68. The normalized spacial score (nSPS) is 17.8. The van der Waals surface area contributed by atoms with Crippen molar-refractivity contribution in [3.63, 3.8) is 0 Å². The molecule has 2 aliphatic rings. The first-order valence-electron chi connectivity index (χ1n) is 10.8. The largest absolute Gasteiger partial charge is 0.341 e. The Morgan fingerprint density at radius 1 is 0.938 bits per heavy atom. The zero-order valence-electron chi connectivity index (χ0n) is 17.8. The van der Waals surface area contributed by atoms with Crippen molar-refractivity contribution in [3.8, 4) is 0 Å². The molecule has 2 fully saturated rings. The maximum absolute atomic E-state index is 13.0. The van der Waals surface area contributed by atoms with E-state index in [9.17, 15) is 18.0 Å². The van der Waals surface area contributed by atoms with Crippen molar-refractivity contribution in [2.24, 2.45) is 0 Å². The molecule has 1 N–H and O–H groups in total. The third-order valence-electron chi connectivity index (χ3n) is 5.70. The van der Waals surface area contributed by atoms with Crippen LogP contribution in [0.2, 0.25) is 0 Å². The van der Waals surface area contributed by atoms with Crippen LogP contribution in [0, 0.1) is 0 Å². The molecule has 1 aromatic heterocycles. The summed E-state index contributed by atoms with van der Waals surface area (Å²) in [5.74, 6) is 1.64. The van der Waals surface area contributed by atoms with Crippen LogP contribution in [0.1, 0.15) is 34.5 Å². The van der Waals surface area contributed by atoms with Crippen LogP contribution in [0.5, 0.6) is 0 Å². The summed E-state index contributed by atoms with van der Waals surface area (Å²) < 4.78 is 27.5. The molecule has 0 unspecified atom stereocenters. The molecule has 172 valence electrons. The van der Waals surface area contributed by atoms with E-state index in [4.69, 9.17) is 0 Å². The number of carbonyl (C=O) groups is 2. The van der Waals surface area contributed by atoms with E-state index in [-0.39, 0.29) is 15.7 Å². The summed E-state index contributed by atoms with van der Waals surface area (Å²) >= 11 is 2.99. The first-order chi connectivity index (χ1) is 15.4. The molecule has 0 radical (unpaired) electrons. The Bertz CT molecular complexity index is 1050. The molecule has 0 saturated carbocycles. The van der Waals surface area contributed by atoms with Crippen molar-refractivity contribution in [2.75, 3.05) is 43.0 Å². The van der Waals surface area contributed by atoms with Crippen molar-refractivity contribution in [2.45, 2.75) is 30.6 Å². The summed E-state index contributed by atoms with van der Waals surface area (Å²) in [6.07, 6.45) is 3.05. The lowest BCUT2D eigenvalue weighted by molar-refractivity contribution is -0.130. The van der Waals surface area contributed by atoms with Gasteiger partial charge in [0.2, 0.25) is 15.9 Å². The van der Waals surface area contributed by atoms with Crippen molar-refractivity contribution in [3.05, 3.63) is 46.2 Å². The summed E-state index contributed by atoms with van der Waals surface area (Å²) in [5, 5.41) is 4.43. The fourth-order valence-electron chi connectivity index (χ4n) is 3.90. The number of hydrogen-bond donors (Lipinski definition) is 1. The first kappa shape index (κ1) is 23.3. The van der Waals surface area contributed by atoms with E-state index in [2.05, 4.69) is 5.32 Å². The smallest absolute Gasteiger partial charge is 0.267 e. The topological polar surface area (TPSA) is 86.8 Å². The molecular formula is C22H27N3O4S3. The Kier molecular flexibility index (Phi) is 7.55. The van der Waals surface area contributed by atoms with Crippen LogP contribution in [0.15, 0.2) is 40.6 Å². The Morgan fingerprint density at radius 2 is 1.62 bits per heavy atom. The Balaban J connectivity index is 1.40. The molecule has 3 heterocycles. The number of nitrogens with zero attached hydrogens (tertiary/aromatic N) is 2. The number of piperidine rings is 1. The van der Waals surface area contributed by atoms with Crippen molar-refractivity contribution in [1.29, 1.82) is 0 Å². The lowest BCUT2D eigenvalue weighted by Crippen LogP contribution is -2.38. The van der Waals surface area contributed by atoms with Gasteiger partial charge in [0.25, 0.3) is 5.91 Å². The van der Waals surface area contributed by atoms with E-state index in [1.807, 2.05) is 28.8 Å². The Labute approximate surface area is 197 Å². The summed E-state index contributed by atoms with van der Waals surface area (Å²) in [4.78, 5) is 27.4. The van der Waals surface area contributed by atoms with Crippen LogP contribution >= 0.6 is 23.1 Å². The fourth-order valence-corrected chi connectivity index (χ4v) is 7.62. The van der Waals surface area contributed by atoms with Crippen LogP contribution in [-0.2, 0) is 21.2 Å². The maximum Gasteiger partial charge on any atom is 0.267 e. The number of benzene rings is 1. The minimum Gasteiger partial charge on any atom is -0.341 e. The zero-order chi connectivity index (χ0) is 22.6. The predicted molar refractivity (Wildman–Crippen MR) is 129 cm³/mol. The van der Waals surface area contributed by atoms with Gasteiger partial charge in [-0.3, -0.25) is 9.59 Å². The Morgan fingerprint density at radius 3 is 2.31 bits per heavy atom. The SMILES string of the molecule is O=C(Nc1ccc(CC(=O)N2CCSCC2)cc1)c1sccc1S(=O)(=O)N1CCCCC1. The molecule has 2 saturated heterocycles. The first-order valence-corrected chi connectivity index (χ1v) is 14.3. The highest BCUT2D eigenvalue weighted by Crippen LogP contribution is 2.28. The predicted octanol–water partition coefficient (Wildman–Crippen LogP) is 3.29. The highest BCUT2D eigenvalue weighted by Gasteiger charge is 2.31. The van der Waals surface area contributed by atoms with Gasteiger partial charge in [-0.1, -0.05) is 18.6 Å². The molecule has 32 heavy (non-hydrogen) atoms. The maximum atomic E-state index is 13.0. The Hall–Kier alpha value is -1.88. The van der Waals surface area contributed by atoms with Crippen LogP contribution < -0.4 is 5.32 Å². The second-order valence-corrected chi connectivity index (χ2v) is 11.9. The van der Waals surface area contributed by atoms with E-state index in [1.165, 1.54) is 10.4 Å². The summed E-state index contributed by atoms with van der Waals surface area (Å²) in [5.41, 5.74) is 1.45. The average Bonchev–Trinajstić information content (AvgIpc) is 3.33. The third kappa shape index (κ3) is 5.36. The number of amides is 2. The highest BCUT2D eigenvalue weighted by molar-refractivity contribution is 7.99. The second kappa shape index (κ2) is 10.4. The number of anilines is 1. The van der Waals surface area contributed by atoms with Gasteiger partial charge < -0.3 is 10.2 Å². The summed E-state index contributed by atoms with van der Waals surface area (Å²) in [6.45, 7) is 2.58. The fraction of sp³-hybridized carbons (Fsp3) is 0.455. The number of nitrogens with one attached hydrogen (secondary N) is 1. The lowest BCUT2D eigenvalue weighted by Gasteiger charge is -2.26. The van der Waals surface area contributed by atoms with Crippen LogP contribution in [0.3, 0.4) is 0 Å². The van der Waals surface area contributed by atoms with E-state index in [0.717, 1.165) is 60.8 Å². The molecule has 0 bridgehead atoms. The number of sulfonamides is 1. The molecule has 0 spiro atoms. The van der Waals surface area contributed by atoms with Gasteiger partial charge in [-0.2, -0.15) is 16.1 Å². The quantitative estimate of drug-likeness (QED) is 0.667. The van der Waals surface area contributed by atoms with E-state index < -0.39 is 15.9 Å². The molecule has 2 aromatic rings. The number of thioether (sulfide) groups is 1. The lowest BCUT2D eigenvalue weighted by atomic mass is 10.1. The molecule has 2 amide bonds. The molecule has 0 atom stereocenters. The van der Waals surface area contributed by atoms with Gasteiger partial charge in [0.05, 0.1) is 6.42 Å². The molecule has 7 nitrogen and oxygen atoms in total. The number of hydrogen-bond acceptors (Lipinski definition) is 6. The summed E-state index contributed by atoms with van der Waals surface area (Å²) in [6, 6.07) is 8.66.